The van der Waals surface area contributed by atoms with Gasteiger partial charge in [-0.1, -0.05) is 42.5 Å². The van der Waals surface area contributed by atoms with E-state index in [1.807, 2.05) is 41.8 Å². The van der Waals surface area contributed by atoms with Crippen molar-refractivity contribution in [2.45, 2.75) is 32.7 Å². The number of anilines is 1. The minimum Gasteiger partial charge on any atom is -0.327 e. The fourth-order valence-corrected chi connectivity index (χ4v) is 6.49. The van der Waals surface area contributed by atoms with Crippen LogP contribution >= 0.6 is 11.3 Å². The lowest BCUT2D eigenvalue weighted by Gasteiger charge is -2.23. The number of nitrogens with one attached hydrogen (secondary N) is 1. The van der Waals surface area contributed by atoms with Crippen molar-refractivity contribution in [2.75, 3.05) is 18.1 Å². The zero-order chi connectivity index (χ0) is 28.6. The summed E-state index contributed by atoms with van der Waals surface area (Å²) in [7, 11) is -3.54. The highest BCUT2D eigenvalue weighted by Crippen LogP contribution is 2.30. The topological polar surface area (TPSA) is 118 Å². The Morgan fingerprint density at radius 3 is 2.40 bits per heavy atom. The Labute approximate surface area is 236 Å². The van der Waals surface area contributed by atoms with Crippen molar-refractivity contribution in [2.24, 2.45) is 0 Å². The first-order valence-corrected chi connectivity index (χ1v) is 15.4. The number of benzene rings is 2. The second-order valence-electron chi connectivity index (χ2n) is 9.83. The minimum absolute atomic E-state index is 0.0172. The molecule has 0 unspecified atom stereocenters. The lowest BCUT2D eigenvalue weighted by molar-refractivity contribution is -0.119. The predicted molar refractivity (Wildman–Crippen MR) is 155 cm³/mol. The highest BCUT2D eigenvalue weighted by molar-refractivity contribution is 7.89. The molecule has 0 aliphatic carbocycles. The molecule has 1 N–H and O–H groups in total. The number of likely N-dealkylation sites (tertiary alicyclic amines) is 1. The summed E-state index contributed by atoms with van der Waals surface area (Å²) in [5.74, 6) is -0.690. The van der Waals surface area contributed by atoms with Crippen LogP contribution in [0.15, 0.2) is 66.2 Å². The van der Waals surface area contributed by atoms with Crippen molar-refractivity contribution < 1.29 is 22.8 Å². The Bertz CT molecular complexity index is 1720. The van der Waals surface area contributed by atoms with Gasteiger partial charge in [-0.25, -0.2) is 17.4 Å². The van der Waals surface area contributed by atoms with Gasteiger partial charge in [0.25, 0.3) is 5.91 Å². The summed E-state index contributed by atoms with van der Waals surface area (Å²) in [6.07, 6.45) is 3.55. The van der Waals surface area contributed by atoms with Crippen LogP contribution in [0, 0.1) is 6.92 Å². The zero-order valence-electron chi connectivity index (χ0n) is 22.2. The molecule has 0 radical (unpaired) electrons. The van der Waals surface area contributed by atoms with Gasteiger partial charge in [0.15, 0.2) is 10.9 Å². The van der Waals surface area contributed by atoms with Crippen LogP contribution < -0.4 is 5.32 Å². The van der Waals surface area contributed by atoms with E-state index in [1.165, 1.54) is 35.4 Å². The third-order valence-electron chi connectivity index (χ3n) is 6.91. The van der Waals surface area contributed by atoms with Crippen LogP contribution in [0.4, 0.5) is 5.13 Å². The smallest absolute Gasteiger partial charge is 0.256 e. The van der Waals surface area contributed by atoms with E-state index in [9.17, 15) is 22.8 Å². The van der Waals surface area contributed by atoms with Gasteiger partial charge in [-0.15, -0.1) is 11.3 Å². The molecule has 2 amide bonds. The number of Topliss-reactive ketones (excluding diaryl/α,β-unsaturated/α-hetero) is 1. The van der Waals surface area contributed by atoms with E-state index < -0.39 is 16.1 Å². The van der Waals surface area contributed by atoms with Crippen LogP contribution in [0.1, 0.15) is 46.2 Å². The Morgan fingerprint density at radius 1 is 1.00 bits per heavy atom. The van der Waals surface area contributed by atoms with E-state index in [1.54, 1.807) is 19.1 Å². The molecule has 206 valence electrons. The molecule has 3 heterocycles. The normalized spacial score (nSPS) is 15.3. The molecule has 1 aliphatic heterocycles. The van der Waals surface area contributed by atoms with Gasteiger partial charge in [0.1, 0.15) is 6.04 Å². The van der Waals surface area contributed by atoms with Crippen LogP contribution in [0.5, 0.6) is 0 Å². The fraction of sp³-hybridized carbons (Fsp3) is 0.241. The molecule has 0 saturated carbocycles. The lowest BCUT2D eigenvalue weighted by Crippen LogP contribution is -2.43. The molecular weight excluding hydrogens is 548 g/mol. The molecule has 0 bridgehead atoms. The molecule has 40 heavy (non-hydrogen) atoms. The van der Waals surface area contributed by atoms with Gasteiger partial charge in [-0.2, -0.15) is 0 Å². The molecule has 2 aromatic carbocycles. The van der Waals surface area contributed by atoms with Gasteiger partial charge in [0, 0.05) is 34.9 Å². The number of rotatable bonds is 7. The third kappa shape index (κ3) is 5.61. The number of aryl methyl sites for hydroxylation is 1. The minimum atomic E-state index is -3.54. The second kappa shape index (κ2) is 10.8. The van der Waals surface area contributed by atoms with Gasteiger partial charge in [0.2, 0.25) is 15.9 Å². The van der Waals surface area contributed by atoms with E-state index >= 15 is 0 Å². The largest absolute Gasteiger partial charge is 0.327 e. The molecule has 11 heteroatoms. The number of nitrogens with zero attached hydrogens (tertiary/aromatic N) is 3. The SMILES string of the molecule is CC(=O)c1ccc(-c2cccc(-c3csc(NC(=O)[C@@H]4CCCN4C(=O)c4cc(C)n(S(C)(=O)=O)c4)n3)c2)cc1. The average molecular weight is 577 g/mol. The molecule has 2 aromatic heterocycles. The van der Waals surface area contributed by atoms with Crippen molar-refractivity contribution in [3.63, 3.8) is 0 Å². The number of thiazole rings is 1. The number of carbonyl (C=O) groups is 3. The average Bonchev–Trinajstić information content (AvgIpc) is 3.68. The van der Waals surface area contributed by atoms with Crippen LogP contribution in [0.25, 0.3) is 22.4 Å². The number of carbonyl (C=O) groups excluding carboxylic acids is 3. The standard InChI is InChI=1S/C29H28N4O5S2/c1-18-14-24(16-33(18)40(3,37)38)28(36)32-13-5-8-26(32)27(35)31-29-30-25(17-39-29)23-7-4-6-22(15-23)21-11-9-20(10-12-21)19(2)34/h4,6-7,9-12,14-17,26H,5,8,13H2,1-3H3,(H,30,31,35)/t26-/m0/s1. The summed E-state index contributed by atoms with van der Waals surface area (Å²) in [6, 6.07) is 16.1. The summed E-state index contributed by atoms with van der Waals surface area (Å²) in [5.41, 5.74) is 4.86. The van der Waals surface area contributed by atoms with E-state index in [0.29, 0.717) is 41.5 Å². The number of amides is 2. The highest BCUT2D eigenvalue weighted by atomic mass is 32.2. The first-order chi connectivity index (χ1) is 19.0. The van der Waals surface area contributed by atoms with Gasteiger partial charge >= 0.3 is 0 Å². The van der Waals surface area contributed by atoms with Crippen LogP contribution in [-0.4, -0.2) is 58.7 Å². The molecular formula is C29H28N4O5S2. The third-order valence-corrected chi connectivity index (χ3v) is 8.77. The molecule has 0 spiro atoms. The maximum atomic E-state index is 13.2. The number of ketones is 1. The van der Waals surface area contributed by atoms with Gasteiger partial charge in [-0.3, -0.25) is 14.4 Å². The summed E-state index contributed by atoms with van der Waals surface area (Å²) in [4.78, 5) is 44.1. The summed E-state index contributed by atoms with van der Waals surface area (Å²) < 4.78 is 25.0. The van der Waals surface area contributed by atoms with E-state index in [4.69, 9.17) is 0 Å². The Balaban J connectivity index is 1.29. The van der Waals surface area contributed by atoms with Gasteiger partial charge in [-0.05, 0) is 49.9 Å². The Morgan fingerprint density at radius 2 is 1.73 bits per heavy atom. The zero-order valence-corrected chi connectivity index (χ0v) is 23.9. The maximum Gasteiger partial charge on any atom is 0.256 e. The number of hydrogen-bond acceptors (Lipinski definition) is 7. The van der Waals surface area contributed by atoms with Crippen molar-refractivity contribution in [3.05, 3.63) is 83.0 Å². The molecule has 9 nitrogen and oxygen atoms in total. The molecule has 1 fully saturated rings. The Hall–Kier alpha value is -4.09. The van der Waals surface area contributed by atoms with Crippen LogP contribution in [0.3, 0.4) is 0 Å². The monoisotopic (exact) mass is 576 g/mol. The first-order valence-electron chi connectivity index (χ1n) is 12.7. The van der Waals surface area contributed by atoms with E-state index in [2.05, 4.69) is 10.3 Å². The van der Waals surface area contributed by atoms with E-state index in [0.717, 1.165) is 26.9 Å². The van der Waals surface area contributed by atoms with E-state index in [-0.39, 0.29) is 23.2 Å². The Kier molecular flexibility index (Phi) is 7.43. The maximum absolute atomic E-state index is 13.2. The number of aromatic nitrogens is 2. The molecule has 4 aromatic rings. The van der Waals surface area contributed by atoms with Gasteiger partial charge in [0.05, 0.1) is 17.5 Å². The lowest BCUT2D eigenvalue weighted by atomic mass is 10.0. The quantitative estimate of drug-likeness (QED) is 0.315. The fourth-order valence-electron chi connectivity index (χ4n) is 4.88. The second-order valence-corrected chi connectivity index (χ2v) is 12.5. The van der Waals surface area contributed by atoms with Crippen molar-refractivity contribution in [1.29, 1.82) is 0 Å². The first kappa shape index (κ1) is 27.5. The van der Waals surface area contributed by atoms with Crippen molar-refractivity contribution in [1.82, 2.24) is 13.9 Å². The van der Waals surface area contributed by atoms with Crippen LogP contribution in [0.2, 0.25) is 0 Å². The van der Waals surface area contributed by atoms with Crippen LogP contribution in [-0.2, 0) is 14.8 Å². The molecule has 5 rings (SSSR count). The van der Waals surface area contributed by atoms with Crippen molar-refractivity contribution >= 4 is 44.1 Å². The summed E-state index contributed by atoms with van der Waals surface area (Å²) >= 11 is 1.30. The predicted octanol–water partition coefficient (Wildman–Crippen LogP) is 4.84. The highest BCUT2D eigenvalue weighted by Gasteiger charge is 2.35. The summed E-state index contributed by atoms with van der Waals surface area (Å²) in [6.45, 7) is 3.56. The van der Waals surface area contributed by atoms with Crippen molar-refractivity contribution in [3.8, 4) is 22.4 Å². The molecule has 1 saturated heterocycles. The molecule has 1 atom stereocenters. The molecule has 1 aliphatic rings. The summed E-state index contributed by atoms with van der Waals surface area (Å²) in [5, 5.41) is 5.14. The number of hydrogen-bond donors (Lipinski definition) is 1. The van der Waals surface area contributed by atoms with Gasteiger partial charge < -0.3 is 10.2 Å².